The summed E-state index contributed by atoms with van der Waals surface area (Å²) in [5, 5.41) is 1.32. The number of nitrogens with zero attached hydrogens (tertiary/aromatic N) is 1. The van der Waals surface area contributed by atoms with Crippen molar-refractivity contribution >= 4 is 39.3 Å². The second-order valence-electron chi connectivity index (χ2n) is 5.81. The lowest BCUT2D eigenvalue weighted by Gasteiger charge is -2.09. The Morgan fingerprint density at radius 2 is 2.24 bits per heavy atom. The second-order valence-corrected chi connectivity index (χ2v) is 7.86. The zero-order valence-corrected chi connectivity index (χ0v) is 15.2. The number of carbonyl (C=O) groups excluding carboxylic acids is 1. The smallest absolute Gasteiger partial charge is 0.373 e. The molecule has 1 N–H and O–H groups in total. The normalized spacial score (nSPS) is 13.8. The molecule has 0 saturated heterocycles. The monoisotopic (exact) mass is 376 g/mol. The summed E-state index contributed by atoms with van der Waals surface area (Å²) >= 11 is 3.01. The molecule has 3 aromatic rings. The zero-order valence-electron chi connectivity index (χ0n) is 13.6. The van der Waals surface area contributed by atoms with E-state index in [1.165, 1.54) is 35.7 Å². The molecule has 0 radical (unpaired) electrons. The van der Waals surface area contributed by atoms with Crippen molar-refractivity contribution in [3.8, 4) is 0 Å². The summed E-state index contributed by atoms with van der Waals surface area (Å²) in [6.07, 6.45) is 4.33. The molecule has 6 nitrogen and oxygen atoms in total. The number of carbonyl (C=O) groups is 1. The second kappa shape index (κ2) is 6.68. The summed E-state index contributed by atoms with van der Waals surface area (Å²) in [6, 6.07) is 3.30. The summed E-state index contributed by atoms with van der Waals surface area (Å²) in [6.45, 7) is 0. The first kappa shape index (κ1) is 16.4. The number of nitrogens with one attached hydrogen (secondary N) is 1. The summed E-state index contributed by atoms with van der Waals surface area (Å²) in [4.78, 5) is 33.5. The first-order chi connectivity index (χ1) is 12.2. The fourth-order valence-electron chi connectivity index (χ4n) is 3.02. The maximum atomic E-state index is 12.5. The molecular formula is C17H16N2O4S2. The number of hydrogen-bond donors (Lipinski definition) is 1. The third kappa shape index (κ3) is 3.11. The Balaban J connectivity index is 1.57. The number of aromatic amines is 1. The van der Waals surface area contributed by atoms with Gasteiger partial charge in [0.15, 0.2) is 5.16 Å². The average Bonchev–Trinajstić information content (AvgIpc) is 3.23. The van der Waals surface area contributed by atoms with Crippen molar-refractivity contribution in [3.63, 3.8) is 0 Å². The van der Waals surface area contributed by atoms with Gasteiger partial charge in [-0.05, 0) is 43.4 Å². The number of aryl methyl sites for hydroxylation is 2. The highest BCUT2D eigenvalue weighted by Crippen LogP contribution is 2.34. The molecule has 3 heterocycles. The maximum absolute atomic E-state index is 12.5. The van der Waals surface area contributed by atoms with Crippen LogP contribution in [0, 0.1) is 0 Å². The van der Waals surface area contributed by atoms with Crippen molar-refractivity contribution in [2.24, 2.45) is 0 Å². The van der Waals surface area contributed by atoms with E-state index in [2.05, 4.69) is 14.7 Å². The van der Waals surface area contributed by atoms with Crippen LogP contribution in [-0.4, -0.2) is 23.0 Å². The van der Waals surface area contributed by atoms with Crippen LogP contribution in [0.3, 0.4) is 0 Å². The van der Waals surface area contributed by atoms with Crippen molar-refractivity contribution in [1.29, 1.82) is 0 Å². The first-order valence-electron chi connectivity index (χ1n) is 8.00. The Morgan fingerprint density at radius 1 is 1.40 bits per heavy atom. The minimum absolute atomic E-state index is 0.0680. The molecule has 0 bridgehead atoms. The lowest BCUT2D eigenvalue weighted by atomic mass is 9.97. The molecule has 0 amide bonds. The molecule has 8 heteroatoms. The highest BCUT2D eigenvalue weighted by atomic mass is 32.2. The minimum Gasteiger partial charge on any atom is -0.463 e. The lowest BCUT2D eigenvalue weighted by Crippen LogP contribution is -2.10. The molecule has 1 aliphatic rings. The van der Waals surface area contributed by atoms with Crippen LogP contribution < -0.4 is 5.56 Å². The van der Waals surface area contributed by atoms with Gasteiger partial charge in [-0.15, -0.1) is 11.3 Å². The van der Waals surface area contributed by atoms with E-state index in [4.69, 9.17) is 4.42 Å². The Hall–Kier alpha value is -2.06. The summed E-state index contributed by atoms with van der Waals surface area (Å²) in [5.74, 6) is 0.754. The average molecular weight is 376 g/mol. The molecule has 0 aliphatic heterocycles. The SMILES string of the molecule is COC(=O)c1ccc(CSc2nc3sc4c(c3c(=O)[nH]2)CCCC4)o1. The number of furan rings is 1. The molecule has 1 aliphatic carbocycles. The quantitative estimate of drug-likeness (QED) is 0.426. The number of hydrogen-bond acceptors (Lipinski definition) is 7. The van der Waals surface area contributed by atoms with Gasteiger partial charge in [-0.3, -0.25) is 4.79 Å². The molecule has 0 atom stereocenters. The Labute approximate surface area is 151 Å². The highest BCUT2D eigenvalue weighted by Gasteiger charge is 2.20. The van der Waals surface area contributed by atoms with Crippen molar-refractivity contribution in [1.82, 2.24) is 9.97 Å². The van der Waals surface area contributed by atoms with Gasteiger partial charge < -0.3 is 14.1 Å². The number of esters is 1. The van der Waals surface area contributed by atoms with Gasteiger partial charge in [0, 0.05) is 4.88 Å². The molecule has 0 fully saturated rings. The number of methoxy groups -OCH3 is 1. The number of ether oxygens (including phenoxy) is 1. The van der Waals surface area contributed by atoms with Gasteiger partial charge in [-0.2, -0.15) is 0 Å². The van der Waals surface area contributed by atoms with Crippen molar-refractivity contribution in [3.05, 3.63) is 44.4 Å². The van der Waals surface area contributed by atoms with Gasteiger partial charge >= 0.3 is 5.97 Å². The van der Waals surface area contributed by atoms with Crippen LogP contribution >= 0.6 is 23.1 Å². The highest BCUT2D eigenvalue weighted by molar-refractivity contribution is 7.98. The molecule has 0 spiro atoms. The molecule has 130 valence electrons. The van der Waals surface area contributed by atoms with Crippen LogP contribution in [0.25, 0.3) is 10.2 Å². The van der Waals surface area contributed by atoms with Crippen LogP contribution in [0.1, 0.15) is 39.6 Å². The standard InChI is InChI=1S/C17H16N2O4S2/c1-22-16(21)11-7-6-9(23-11)8-24-17-18-14(20)13-10-4-2-3-5-12(10)25-15(13)19-17/h6-7H,2-5,8H2,1H3,(H,18,19,20). The summed E-state index contributed by atoms with van der Waals surface area (Å²) in [7, 11) is 1.31. The van der Waals surface area contributed by atoms with Crippen LogP contribution in [-0.2, 0) is 23.3 Å². The number of thiophene rings is 1. The molecule has 25 heavy (non-hydrogen) atoms. The number of H-pyrrole nitrogens is 1. The van der Waals surface area contributed by atoms with Crippen molar-refractivity contribution < 1.29 is 13.9 Å². The van der Waals surface area contributed by atoms with E-state index >= 15 is 0 Å². The number of thioether (sulfide) groups is 1. The number of fused-ring (bicyclic) bond motifs is 3. The predicted molar refractivity (Wildman–Crippen MR) is 96.5 cm³/mol. The largest absolute Gasteiger partial charge is 0.463 e. The number of rotatable bonds is 4. The van der Waals surface area contributed by atoms with Crippen molar-refractivity contribution in [2.45, 2.75) is 36.6 Å². The van der Waals surface area contributed by atoms with Crippen LogP contribution in [0.5, 0.6) is 0 Å². The Bertz CT molecular complexity index is 1000. The van der Waals surface area contributed by atoms with Crippen LogP contribution in [0.15, 0.2) is 26.5 Å². The third-order valence-corrected chi connectivity index (χ3v) is 6.28. The molecule has 0 aromatic carbocycles. The van der Waals surface area contributed by atoms with E-state index in [-0.39, 0.29) is 11.3 Å². The van der Waals surface area contributed by atoms with Gasteiger partial charge in [0.2, 0.25) is 5.76 Å². The van der Waals surface area contributed by atoms with Crippen LogP contribution in [0.4, 0.5) is 0 Å². The summed E-state index contributed by atoms with van der Waals surface area (Å²) in [5.41, 5.74) is 1.12. The Kier molecular flexibility index (Phi) is 4.39. The minimum atomic E-state index is -0.506. The molecular weight excluding hydrogens is 360 g/mol. The van der Waals surface area contributed by atoms with Gasteiger partial charge in [0.05, 0.1) is 18.2 Å². The van der Waals surface area contributed by atoms with Gasteiger partial charge in [-0.1, -0.05) is 11.8 Å². The van der Waals surface area contributed by atoms with Gasteiger partial charge in [0.25, 0.3) is 5.56 Å². The maximum Gasteiger partial charge on any atom is 0.373 e. The number of aromatic nitrogens is 2. The zero-order chi connectivity index (χ0) is 17.4. The van der Waals surface area contributed by atoms with E-state index < -0.39 is 5.97 Å². The van der Waals surface area contributed by atoms with E-state index in [0.29, 0.717) is 16.7 Å². The van der Waals surface area contributed by atoms with E-state index in [1.54, 1.807) is 23.5 Å². The molecule has 0 unspecified atom stereocenters. The fraction of sp³-hybridized carbons (Fsp3) is 0.353. The van der Waals surface area contributed by atoms with Gasteiger partial charge in [-0.25, -0.2) is 9.78 Å². The lowest BCUT2D eigenvalue weighted by molar-refractivity contribution is 0.0563. The Morgan fingerprint density at radius 3 is 3.08 bits per heavy atom. The fourth-order valence-corrected chi connectivity index (χ4v) is 5.09. The van der Waals surface area contributed by atoms with Crippen molar-refractivity contribution in [2.75, 3.05) is 7.11 Å². The van der Waals surface area contributed by atoms with E-state index in [0.717, 1.165) is 29.5 Å². The first-order valence-corrected chi connectivity index (χ1v) is 9.80. The van der Waals surface area contributed by atoms with Crippen LogP contribution in [0.2, 0.25) is 0 Å². The van der Waals surface area contributed by atoms with E-state index in [9.17, 15) is 9.59 Å². The third-order valence-electron chi connectivity index (χ3n) is 4.20. The molecule has 0 saturated carbocycles. The van der Waals surface area contributed by atoms with E-state index in [1.807, 2.05) is 0 Å². The topological polar surface area (TPSA) is 85.2 Å². The predicted octanol–water partition coefficient (Wildman–Crippen LogP) is 3.54. The summed E-state index contributed by atoms with van der Waals surface area (Å²) < 4.78 is 10.0. The molecule has 3 aromatic heterocycles. The van der Waals surface area contributed by atoms with Gasteiger partial charge in [0.1, 0.15) is 10.6 Å². The molecule has 4 rings (SSSR count).